The molecule has 0 bridgehead atoms. The van der Waals surface area contributed by atoms with Gasteiger partial charge >= 0.3 is 6.03 Å². The molecular formula is C11H21ClN2O2. The molecule has 0 aliphatic carbocycles. The molecule has 94 valence electrons. The Morgan fingerprint density at radius 2 is 2.00 bits per heavy atom. The van der Waals surface area contributed by atoms with Gasteiger partial charge in [-0.1, -0.05) is 20.3 Å². The number of urea groups is 1. The van der Waals surface area contributed by atoms with Crippen LogP contribution in [0.3, 0.4) is 0 Å². The molecular weight excluding hydrogens is 228 g/mol. The smallest absolute Gasteiger partial charge is 0.324 e. The maximum atomic E-state index is 11.7. The fourth-order valence-corrected chi connectivity index (χ4v) is 1.38. The van der Waals surface area contributed by atoms with Crippen molar-refractivity contribution in [2.24, 2.45) is 5.92 Å². The molecule has 0 aromatic carbocycles. The van der Waals surface area contributed by atoms with Crippen LogP contribution in [0, 0.1) is 5.92 Å². The first-order valence-corrected chi connectivity index (χ1v) is 6.23. The molecule has 0 heterocycles. The van der Waals surface area contributed by atoms with E-state index in [1.165, 1.54) is 0 Å². The molecule has 0 aromatic rings. The highest BCUT2D eigenvalue weighted by Crippen LogP contribution is 2.04. The molecule has 1 unspecified atom stereocenters. The van der Waals surface area contributed by atoms with Crippen molar-refractivity contribution in [2.75, 3.05) is 19.0 Å². The SMILES string of the molecule is CCC(C)CN(CC)C(=O)NC(=O)CCCl. The molecule has 5 heteroatoms. The van der Waals surface area contributed by atoms with E-state index >= 15 is 0 Å². The van der Waals surface area contributed by atoms with Gasteiger partial charge in [0.15, 0.2) is 0 Å². The van der Waals surface area contributed by atoms with E-state index in [4.69, 9.17) is 11.6 Å². The lowest BCUT2D eigenvalue weighted by molar-refractivity contribution is -0.119. The molecule has 4 nitrogen and oxygen atoms in total. The summed E-state index contributed by atoms with van der Waals surface area (Å²) >= 11 is 5.41. The zero-order valence-corrected chi connectivity index (χ0v) is 11.0. The summed E-state index contributed by atoms with van der Waals surface area (Å²) in [6.45, 7) is 7.33. The fourth-order valence-electron chi connectivity index (χ4n) is 1.21. The predicted molar refractivity (Wildman–Crippen MR) is 65.6 cm³/mol. The second kappa shape index (κ2) is 8.39. The number of imide groups is 1. The quantitative estimate of drug-likeness (QED) is 0.733. The van der Waals surface area contributed by atoms with Gasteiger partial charge in [0.25, 0.3) is 0 Å². The first-order valence-electron chi connectivity index (χ1n) is 5.69. The Morgan fingerprint density at radius 1 is 1.38 bits per heavy atom. The molecule has 0 aliphatic rings. The van der Waals surface area contributed by atoms with E-state index < -0.39 is 0 Å². The van der Waals surface area contributed by atoms with Crippen LogP contribution in [0.25, 0.3) is 0 Å². The number of alkyl halides is 1. The average molecular weight is 249 g/mol. The number of hydrogen-bond donors (Lipinski definition) is 1. The maximum absolute atomic E-state index is 11.7. The Hall–Kier alpha value is -0.770. The van der Waals surface area contributed by atoms with Gasteiger partial charge in [0, 0.05) is 25.4 Å². The van der Waals surface area contributed by atoms with Gasteiger partial charge in [0.1, 0.15) is 0 Å². The summed E-state index contributed by atoms with van der Waals surface area (Å²) < 4.78 is 0. The number of carbonyl (C=O) groups excluding carboxylic acids is 2. The molecule has 16 heavy (non-hydrogen) atoms. The molecule has 1 atom stereocenters. The second-order valence-electron chi connectivity index (χ2n) is 3.84. The van der Waals surface area contributed by atoms with Crippen LogP contribution in [0.1, 0.15) is 33.6 Å². The van der Waals surface area contributed by atoms with Crippen LogP contribution in [0.4, 0.5) is 4.79 Å². The zero-order valence-electron chi connectivity index (χ0n) is 10.3. The number of rotatable bonds is 6. The van der Waals surface area contributed by atoms with Crippen molar-refractivity contribution < 1.29 is 9.59 Å². The highest BCUT2D eigenvalue weighted by Gasteiger charge is 2.16. The van der Waals surface area contributed by atoms with Crippen LogP contribution in [-0.2, 0) is 4.79 Å². The number of amides is 3. The second-order valence-corrected chi connectivity index (χ2v) is 4.22. The minimum absolute atomic E-state index is 0.175. The molecule has 0 aromatic heterocycles. The lowest BCUT2D eigenvalue weighted by Crippen LogP contribution is -2.44. The molecule has 0 rings (SSSR count). The molecule has 1 N–H and O–H groups in total. The van der Waals surface area contributed by atoms with Gasteiger partial charge < -0.3 is 4.90 Å². The van der Waals surface area contributed by atoms with Gasteiger partial charge in [0.2, 0.25) is 5.91 Å². The predicted octanol–water partition coefficient (Wildman–Crippen LogP) is 2.22. The summed E-state index contributed by atoms with van der Waals surface area (Å²) in [5.41, 5.74) is 0. The Bertz CT molecular complexity index is 234. The van der Waals surface area contributed by atoms with Crippen molar-refractivity contribution in [1.82, 2.24) is 10.2 Å². The van der Waals surface area contributed by atoms with Crippen molar-refractivity contribution >= 4 is 23.5 Å². The fraction of sp³-hybridized carbons (Fsp3) is 0.818. The number of hydrogen-bond acceptors (Lipinski definition) is 2. The summed E-state index contributed by atoms with van der Waals surface area (Å²) in [4.78, 5) is 24.5. The van der Waals surface area contributed by atoms with E-state index in [1.54, 1.807) is 4.90 Å². The van der Waals surface area contributed by atoms with Crippen molar-refractivity contribution in [3.05, 3.63) is 0 Å². The van der Waals surface area contributed by atoms with Crippen molar-refractivity contribution in [2.45, 2.75) is 33.6 Å². The Labute approximate surface area is 102 Å². The summed E-state index contributed by atoms with van der Waals surface area (Å²) in [6.07, 6.45) is 1.19. The molecule has 3 amide bonds. The third-order valence-electron chi connectivity index (χ3n) is 2.47. The minimum Gasteiger partial charge on any atom is -0.324 e. The maximum Gasteiger partial charge on any atom is 0.324 e. The molecule has 0 saturated carbocycles. The normalized spacial score (nSPS) is 12.0. The lowest BCUT2D eigenvalue weighted by Gasteiger charge is -2.23. The topological polar surface area (TPSA) is 49.4 Å². The first kappa shape index (κ1) is 15.2. The molecule has 0 radical (unpaired) electrons. The van der Waals surface area contributed by atoms with Crippen molar-refractivity contribution in [3.63, 3.8) is 0 Å². The Balaban J connectivity index is 4.15. The van der Waals surface area contributed by atoms with E-state index in [-0.39, 0.29) is 24.2 Å². The Morgan fingerprint density at radius 3 is 2.44 bits per heavy atom. The zero-order chi connectivity index (χ0) is 12.6. The number of nitrogens with zero attached hydrogens (tertiary/aromatic N) is 1. The highest BCUT2D eigenvalue weighted by molar-refractivity contribution is 6.19. The third-order valence-corrected chi connectivity index (χ3v) is 2.65. The minimum atomic E-state index is -0.321. The average Bonchev–Trinajstić information content (AvgIpc) is 2.25. The van der Waals surface area contributed by atoms with E-state index in [9.17, 15) is 9.59 Å². The summed E-state index contributed by atoms with van der Waals surface area (Å²) in [7, 11) is 0. The number of nitrogens with one attached hydrogen (secondary N) is 1. The Kier molecular flexibility index (Phi) is 7.99. The van der Waals surface area contributed by atoms with Gasteiger partial charge in [-0.2, -0.15) is 0 Å². The molecule has 0 aliphatic heterocycles. The van der Waals surface area contributed by atoms with Crippen LogP contribution in [-0.4, -0.2) is 35.8 Å². The number of carbonyl (C=O) groups is 2. The van der Waals surface area contributed by atoms with Crippen molar-refractivity contribution in [1.29, 1.82) is 0 Å². The van der Waals surface area contributed by atoms with E-state index in [0.29, 0.717) is 19.0 Å². The van der Waals surface area contributed by atoms with Crippen LogP contribution in [0.5, 0.6) is 0 Å². The van der Waals surface area contributed by atoms with Crippen LogP contribution in [0.2, 0.25) is 0 Å². The largest absolute Gasteiger partial charge is 0.324 e. The van der Waals surface area contributed by atoms with E-state index in [0.717, 1.165) is 6.42 Å². The van der Waals surface area contributed by atoms with Gasteiger partial charge in [0.05, 0.1) is 0 Å². The van der Waals surface area contributed by atoms with E-state index in [2.05, 4.69) is 19.2 Å². The van der Waals surface area contributed by atoms with E-state index in [1.807, 2.05) is 6.92 Å². The standard InChI is InChI=1S/C11H21ClN2O2/c1-4-9(3)8-14(5-2)11(16)13-10(15)6-7-12/h9H,4-8H2,1-3H3,(H,13,15,16). The van der Waals surface area contributed by atoms with Gasteiger partial charge in [-0.3, -0.25) is 10.1 Å². The summed E-state index contributed by atoms with van der Waals surface area (Å²) in [5, 5.41) is 2.32. The van der Waals surface area contributed by atoms with Crippen molar-refractivity contribution in [3.8, 4) is 0 Å². The van der Waals surface area contributed by atoms with Crippen LogP contribution >= 0.6 is 11.6 Å². The monoisotopic (exact) mass is 248 g/mol. The highest BCUT2D eigenvalue weighted by atomic mass is 35.5. The van der Waals surface area contributed by atoms with Gasteiger partial charge in [-0.05, 0) is 12.8 Å². The van der Waals surface area contributed by atoms with Gasteiger partial charge in [-0.15, -0.1) is 11.6 Å². The summed E-state index contributed by atoms with van der Waals surface area (Å²) in [5.74, 6) is 0.354. The molecule has 0 saturated heterocycles. The lowest BCUT2D eigenvalue weighted by atomic mass is 10.1. The molecule has 0 spiro atoms. The number of halogens is 1. The third kappa shape index (κ3) is 5.95. The van der Waals surface area contributed by atoms with Gasteiger partial charge in [-0.25, -0.2) is 4.79 Å². The first-order chi connectivity index (χ1) is 7.54. The summed E-state index contributed by atoms with van der Waals surface area (Å²) in [6, 6.07) is -0.321. The molecule has 0 fully saturated rings. The van der Waals surface area contributed by atoms with Crippen LogP contribution < -0.4 is 5.32 Å². The van der Waals surface area contributed by atoms with Crippen LogP contribution in [0.15, 0.2) is 0 Å².